The SMILES string of the molecule is C=CC(=O)Nc1cccc(Nc2nc(Nc3cc4c(cc3C)CCN(C(C)=O)C4)ncc2C(F)(F)F)c1. The average Bonchev–Trinajstić information content (AvgIpc) is 2.83. The molecule has 0 saturated carbocycles. The first-order chi connectivity index (χ1) is 17.5. The predicted molar refractivity (Wildman–Crippen MR) is 135 cm³/mol. The Hall–Kier alpha value is -4.41. The largest absolute Gasteiger partial charge is 0.421 e. The molecule has 1 aromatic heterocycles. The molecule has 192 valence electrons. The molecule has 0 saturated heterocycles. The summed E-state index contributed by atoms with van der Waals surface area (Å²) in [7, 11) is 0. The zero-order valence-electron chi connectivity index (χ0n) is 20.2. The maximum absolute atomic E-state index is 13.7. The summed E-state index contributed by atoms with van der Waals surface area (Å²) in [6.45, 7) is 7.88. The second-order valence-electron chi connectivity index (χ2n) is 8.60. The molecule has 2 aromatic carbocycles. The Morgan fingerprint density at radius 3 is 2.57 bits per heavy atom. The number of anilines is 5. The summed E-state index contributed by atoms with van der Waals surface area (Å²) >= 11 is 0. The lowest BCUT2D eigenvalue weighted by Gasteiger charge is -2.29. The van der Waals surface area contributed by atoms with Crippen molar-refractivity contribution in [1.82, 2.24) is 14.9 Å². The van der Waals surface area contributed by atoms with E-state index in [0.29, 0.717) is 30.7 Å². The first-order valence-corrected chi connectivity index (χ1v) is 11.4. The topological polar surface area (TPSA) is 99.2 Å². The molecule has 1 aliphatic heterocycles. The van der Waals surface area contributed by atoms with Gasteiger partial charge in [0.15, 0.2) is 0 Å². The molecule has 0 fully saturated rings. The second kappa shape index (κ2) is 10.3. The van der Waals surface area contributed by atoms with E-state index in [4.69, 9.17) is 0 Å². The minimum absolute atomic E-state index is 0.0179. The number of alkyl halides is 3. The quantitative estimate of drug-likeness (QED) is 0.388. The molecule has 2 amide bonds. The van der Waals surface area contributed by atoms with Gasteiger partial charge < -0.3 is 20.9 Å². The van der Waals surface area contributed by atoms with Gasteiger partial charge in [0.1, 0.15) is 11.4 Å². The van der Waals surface area contributed by atoms with Crippen molar-refractivity contribution < 1.29 is 22.8 Å². The number of benzene rings is 2. The molecule has 3 N–H and O–H groups in total. The molecular weight excluding hydrogens is 485 g/mol. The maximum atomic E-state index is 13.7. The second-order valence-corrected chi connectivity index (χ2v) is 8.60. The van der Waals surface area contributed by atoms with Gasteiger partial charge in [-0.25, -0.2) is 4.98 Å². The standard InChI is InChI=1S/C26H25F3N6O2/c1-4-23(37)31-19-6-5-7-20(12-19)32-24-21(26(27,28)29)13-30-25(34-24)33-22-11-18-14-35(16(3)36)9-8-17(18)10-15(22)2/h4-7,10-13H,1,8-9,14H2,2-3H3,(H,31,37)(H2,30,32,33,34). The minimum Gasteiger partial charge on any atom is -0.339 e. The van der Waals surface area contributed by atoms with E-state index in [1.165, 1.54) is 13.0 Å². The third kappa shape index (κ3) is 6.05. The molecule has 11 heteroatoms. The molecule has 0 radical (unpaired) electrons. The Labute approximate surface area is 211 Å². The van der Waals surface area contributed by atoms with E-state index >= 15 is 0 Å². The molecule has 0 atom stereocenters. The fraction of sp³-hybridized carbons (Fsp3) is 0.231. The van der Waals surface area contributed by atoms with Gasteiger partial charge in [-0.2, -0.15) is 18.2 Å². The Morgan fingerprint density at radius 2 is 1.86 bits per heavy atom. The third-order valence-corrected chi connectivity index (χ3v) is 5.92. The van der Waals surface area contributed by atoms with Crippen LogP contribution in [0.15, 0.2) is 55.3 Å². The number of amides is 2. The fourth-order valence-electron chi connectivity index (χ4n) is 4.01. The maximum Gasteiger partial charge on any atom is 0.421 e. The number of hydrogen-bond acceptors (Lipinski definition) is 6. The number of halogens is 3. The van der Waals surface area contributed by atoms with Crippen molar-refractivity contribution in [2.45, 2.75) is 33.0 Å². The molecule has 0 spiro atoms. The van der Waals surface area contributed by atoms with Crippen LogP contribution in [-0.4, -0.2) is 33.2 Å². The molecule has 1 aliphatic rings. The number of aromatic nitrogens is 2. The van der Waals surface area contributed by atoms with E-state index in [9.17, 15) is 22.8 Å². The molecular formula is C26H25F3N6O2. The van der Waals surface area contributed by atoms with Gasteiger partial charge in [0.05, 0.1) is 0 Å². The number of fused-ring (bicyclic) bond motifs is 1. The Balaban J connectivity index is 1.64. The first-order valence-electron chi connectivity index (χ1n) is 11.4. The lowest BCUT2D eigenvalue weighted by atomic mass is 9.96. The number of carbonyl (C=O) groups excluding carboxylic acids is 2. The number of nitrogens with one attached hydrogen (secondary N) is 3. The van der Waals surface area contributed by atoms with Crippen LogP contribution in [0.25, 0.3) is 0 Å². The molecule has 0 bridgehead atoms. The molecule has 2 heterocycles. The van der Waals surface area contributed by atoms with Crippen molar-refractivity contribution in [3.05, 3.63) is 77.5 Å². The smallest absolute Gasteiger partial charge is 0.339 e. The Morgan fingerprint density at radius 1 is 1.11 bits per heavy atom. The van der Waals surface area contributed by atoms with Crippen LogP contribution in [0.5, 0.6) is 0 Å². The highest BCUT2D eigenvalue weighted by Crippen LogP contribution is 2.36. The molecule has 0 aliphatic carbocycles. The lowest BCUT2D eigenvalue weighted by molar-refractivity contribution is -0.137. The summed E-state index contributed by atoms with van der Waals surface area (Å²) in [5, 5.41) is 8.26. The Kier molecular flexibility index (Phi) is 7.14. The van der Waals surface area contributed by atoms with Crippen LogP contribution in [-0.2, 0) is 28.7 Å². The van der Waals surface area contributed by atoms with E-state index in [1.807, 2.05) is 19.1 Å². The van der Waals surface area contributed by atoms with E-state index in [2.05, 4.69) is 32.5 Å². The molecule has 3 aromatic rings. The van der Waals surface area contributed by atoms with E-state index in [1.54, 1.807) is 23.1 Å². The van der Waals surface area contributed by atoms with Crippen LogP contribution in [0.3, 0.4) is 0 Å². The van der Waals surface area contributed by atoms with Gasteiger partial charge in [-0.1, -0.05) is 18.7 Å². The molecule has 4 rings (SSSR count). The van der Waals surface area contributed by atoms with E-state index < -0.39 is 23.5 Å². The fourth-order valence-corrected chi connectivity index (χ4v) is 4.01. The summed E-state index contributed by atoms with van der Waals surface area (Å²) in [5.74, 6) is -0.950. The van der Waals surface area contributed by atoms with Crippen LogP contribution in [0, 0.1) is 6.92 Å². The highest BCUT2D eigenvalue weighted by atomic mass is 19.4. The van der Waals surface area contributed by atoms with Crippen LogP contribution in [0.2, 0.25) is 0 Å². The number of aryl methyl sites for hydroxylation is 1. The van der Waals surface area contributed by atoms with Gasteiger partial charge in [-0.3, -0.25) is 9.59 Å². The summed E-state index contributed by atoms with van der Waals surface area (Å²) in [5.41, 5.74) is 3.20. The van der Waals surface area contributed by atoms with E-state index in [-0.39, 0.29) is 17.5 Å². The first kappa shape index (κ1) is 25.7. The van der Waals surface area contributed by atoms with Crippen molar-refractivity contribution in [1.29, 1.82) is 0 Å². The van der Waals surface area contributed by atoms with Gasteiger partial charge >= 0.3 is 6.18 Å². The lowest BCUT2D eigenvalue weighted by Crippen LogP contribution is -2.34. The van der Waals surface area contributed by atoms with Crippen molar-refractivity contribution >= 4 is 40.6 Å². The highest BCUT2D eigenvalue weighted by molar-refractivity contribution is 5.99. The predicted octanol–water partition coefficient (Wildman–Crippen LogP) is 5.32. The zero-order valence-corrected chi connectivity index (χ0v) is 20.2. The van der Waals surface area contributed by atoms with Gasteiger partial charge in [0.2, 0.25) is 17.8 Å². The normalized spacial score (nSPS) is 12.9. The Bertz CT molecular complexity index is 1370. The molecule has 0 unspecified atom stereocenters. The minimum atomic E-state index is -4.70. The average molecular weight is 511 g/mol. The number of carbonyl (C=O) groups is 2. The van der Waals surface area contributed by atoms with Crippen LogP contribution in [0.4, 0.5) is 42.0 Å². The number of rotatable bonds is 6. The van der Waals surface area contributed by atoms with Crippen molar-refractivity contribution in [3.63, 3.8) is 0 Å². The van der Waals surface area contributed by atoms with Gasteiger partial charge in [-0.15, -0.1) is 0 Å². The van der Waals surface area contributed by atoms with E-state index in [0.717, 1.165) is 29.2 Å². The van der Waals surface area contributed by atoms with Crippen molar-refractivity contribution in [3.8, 4) is 0 Å². The third-order valence-electron chi connectivity index (χ3n) is 5.92. The summed E-state index contributed by atoms with van der Waals surface area (Å²) in [6.07, 6.45) is -2.17. The molecule has 37 heavy (non-hydrogen) atoms. The van der Waals surface area contributed by atoms with Crippen molar-refractivity contribution in [2.75, 3.05) is 22.5 Å². The monoisotopic (exact) mass is 510 g/mol. The zero-order chi connectivity index (χ0) is 26.7. The number of hydrogen-bond donors (Lipinski definition) is 3. The van der Waals surface area contributed by atoms with Crippen LogP contribution < -0.4 is 16.0 Å². The highest BCUT2D eigenvalue weighted by Gasteiger charge is 2.35. The van der Waals surface area contributed by atoms with Crippen LogP contribution in [0.1, 0.15) is 29.2 Å². The van der Waals surface area contributed by atoms with Gasteiger partial charge in [0.25, 0.3) is 0 Å². The summed E-state index contributed by atoms with van der Waals surface area (Å²) in [6, 6.07) is 10.1. The molecule has 8 nitrogen and oxygen atoms in total. The van der Waals surface area contributed by atoms with Gasteiger partial charge in [-0.05, 0) is 60.4 Å². The van der Waals surface area contributed by atoms with Crippen molar-refractivity contribution in [2.24, 2.45) is 0 Å². The summed E-state index contributed by atoms with van der Waals surface area (Å²) < 4.78 is 41.2. The number of nitrogens with zero attached hydrogens (tertiary/aromatic N) is 3. The summed E-state index contributed by atoms with van der Waals surface area (Å²) in [4.78, 5) is 33.1. The van der Waals surface area contributed by atoms with Gasteiger partial charge in [0, 0.05) is 43.3 Å². The van der Waals surface area contributed by atoms with Crippen LogP contribution >= 0.6 is 0 Å².